The quantitative estimate of drug-likeness (QED) is 0.852. The van der Waals surface area contributed by atoms with Crippen LogP contribution >= 0.6 is 0 Å². The first-order chi connectivity index (χ1) is 8.69. The van der Waals surface area contributed by atoms with Crippen LogP contribution in [0.25, 0.3) is 0 Å². The minimum absolute atomic E-state index is 0.000918. The minimum atomic E-state index is -0.0608. The van der Waals surface area contributed by atoms with Gasteiger partial charge in [0.25, 0.3) is 5.56 Å². The highest BCUT2D eigenvalue weighted by atomic mass is 16.3. The van der Waals surface area contributed by atoms with Gasteiger partial charge in [-0.15, -0.1) is 0 Å². The molecule has 1 aromatic heterocycles. The van der Waals surface area contributed by atoms with Crippen LogP contribution in [0, 0.1) is 18.8 Å². The summed E-state index contributed by atoms with van der Waals surface area (Å²) in [4.78, 5) is 19.5. The van der Waals surface area contributed by atoms with Gasteiger partial charge in [-0.1, -0.05) is 6.42 Å². The molecule has 1 aromatic rings. The van der Waals surface area contributed by atoms with Crippen LogP contribution in [-0.4, -0.2) is 21.7 Å². The van der Waals surface area contributed by atoms with Gasteiger partial charge in [0.05, 0.1) is 0 Å². The number of aromatic nitrogens is 2. The minimum Gasteiger partial charge on any atom is -0.396 e. The number of fused-ring (bicyclic) bond motifs is 2. The van der Waals surface area contributed by atoms with Crippen molar-refractivity contribution in [2.45, 2.75) is 44.9 Å². The van der Waals surface area contributed by atoms with Crippen molar-refractivity contribution < 1.29 is 5.11 Å². The lowest BCUT2D eigenvalue weighted by Crippen LogP contribution is -2.23. The van der Waals surface area contributed by atoms with Gasteiger partial charge in [0.1, 0.15) is 5.82 Å². The molecule has 3 rings (SSSR count). The van der Waals surface area contributed by atoms with Crippen molar-refractivity contribution in [3.8, 4) is 0 Å². The molecule has 2 aliphatic carbocycles. The number of nitrogens with one attached hydrogen (secondary N) is 1. The SMILES string of the molecule is Cc1nc(C2CC3CCC2C3)[nH]c(=O)c1CCO. The fraction of sp³-hybridized carbons (Fsp3) is 0.714. The van der Waals surface area contributed by atoms with E-state index in [2.05, 4.69) is 9.97 Å². The van der Waals surface area contributed by atoms with Gasteiger partial charge in [0.2, 0.25) is 0 Å². The average Bonchev–Trinajstić information content (AvgIpc) is 2.95. The molecule has 1 heterocycles. The predicted octanol–water partition coefficient (Wildman–Crippen LogP) is 1.52. The second-order valence-electron chi connectivity index (χ2n) is 5.77. The zero-order valence-electron chi connectivity index (χ0n) is 10.8. The van der Waals surface area contributed by atoms with E-state index in [4.69, 9.17) is 5.11 Å². The fourth-order valence-corrected chi connectivity index (χ4v) is 3.79. The van der Waals surface area contributed by atoms with Crippen LogP contribution in [0.2, 0.25) is 0 Å². The number of H-pyrrole nitrogens is 1. The number of hydrogen-bond acceptors (Lipinski definition) is 3. The van der Waals surface area contributed by atoms with Crippen molar-refractivity contribution in [1.29, 1.82) is 0 Å². The number of hydrogen-bond donors (Lipinski definition) is 2. The Morgan fingerprint density at radius 2 is 2.22 bits per heavy atom. The van der Waals surface area contributed by atoms with Gasteiger partial charge in [-0.05, 0) is 38.0 Å². The molecule has 18 heavy (non-hydrogen) atoms. The van der Waals surface area contributed by atoms with Crippen molar-refractivity contribution in [3.63, 3.8) is 0 Å². The van der Waals surface area contributed by atoms with Gasteiger partial charge in [-0.3, -0.25) is 4.79 Å². The Morgan fingerprint density at radius 3 is 2.78 bits per heavy atom. The molecule has 4 heteroatoms. The molecule has 2 fully saturated rings. The van der Waals surface area contributed by atoms with Crippen molar-refractivity contribution >= 4 is 0 Å². The number of aliphatic hydroxyl groups excluding tert-OH is 1. The molecule has 3 atom stereocenters. The van der Waals surface area contributed by atoms with E-state index in [-0.39, 0.29) is 12.2 Å². The lowest BCUT2D eigenvalue weighted by Gasteiger charge is -2.21. The van der Waals surface area contributed by atoms with Crippen molar-refractivity contribution in [2.75, 3.05) is 6.61 Å². The number of rotatable bonds is 3. The molecule has 3 unspecified atom stereocenters. The summed E-state index contributed by atoms with van der Waals surface area (Å²) in [5.74, 6) is 2.91. The Labute approximate surface area is 106 Å². The Kier molecular flexibility index (Phi) is 2.98. The van der Waals surface area contributed by atoms with E-state index in [9.17, 15) is 4.79 Å². The van der Waals surface area contributed by atoms with Crippen LogP contribution < -0.4 is 5.56 Å². The van der Waals surface area contributed by atoms with E-state index in [1.807, 2.05) is 6.92 Å². The van der Waals surface area contributed by atoms with Gasteiger partial charge < -0.3 is 10.1 Å². The first kappa shape index (κ1) is 11.9. The predicted molar refractivity (Wildman–Crippen MR) is 68.6 cm³/mol. The molecular formula is C14H20N2O2. The highest BCUT2D eigenvalue weighted by molar-refractivity contribution is 5.19. The standard InChI is InChI=1S/C14H20N2O2/c1-8-11(4-5-17)14(18)16-13(15-8)12-7-9-2-3-10(12)6-9/h9-10,12,17H,2-7H2,1H3,(H,15,16,18). The van der Waals surface area contributed by atoms with E-state index < -0.39 is 0 Å². The number of aromatic amines is 1. The van der Waals surface area contributed by atoms with Crippen molar-refractivity contribution in [3.05, 3.63) is 27.4 Å². The summed E-state index contributed by atoms with van der Waals surface area (Å²) in [6, 6.07) is 0. The summed E-state index contributed by atoms with van der Waals surface area (Å²) < 4.78 is 0. The molecular weight excluding hydrogens is 228 g/mol. The third-order valence-corrected chi connectivity index (χ3v) is 4.69. The van der Waals surface area contributed by atoms with Crippen LogP contribution in [0.1, 0.15) is 48.7 Å². The van der Waals surface area contributed by atoms with Crippen LogP contribution in [0.3, 0.4) is 0 Å². The molecule has 0 saturated heterocycles. The Hall–Kier alpha value is -1.16. The van der Waals surface area contributed by atoms with E-state index in [1.54, 1.807) is 0 Å². The Balaban J connectivity index is 1.92. The molecule has 2 bridgehead atoms. The summed E-state index contributed by atoms with van der Waals surface area (Å²) >= 11 is 0. The van der Waals surface area contributed by atoms with Crippen molar-refractivity contribution in [1.82, 2.24) is 9.97 Å². The average molecular weight is 248 g/mol. The first-order valence-electron chi connectivity index (χ1n) is 6.89. The van der Waals surface area contributed by atoms with Gasteiger partial charge >= 0.3 is 0 Å². The number of nitrogens with zero attached hydrogens (tertiary/aromatic N) is 1. The normalized spacial score (nSPS) is 30.0. The van der Waals surface area contributed by atoms with Gasteiger partial charge in [-0.25, -0.2) is 4.98 Å². The number of aliphatic hydroxyl groups is 1. The molecule has 2 N–H and O–H groups in total. The smallest absolute Gasteiger partial charge is 0.254 e. The monoisotopic (exact) mass is 248 g/mol. The summed E-state index contributed by atoms with van der Waals surface area (Å²) in [6.07, 6.45) is 5.53. The maximum atomic E-state index is 12.0. The number of aryl methyl sites for hydroxylation is 1. The molecule has 2 aliphatic rings. The molecule has 0 aliphatic heterocycles. The van der Waals surface area contributed by atoms with Crippen LogP contribution in [-0.2, 0) is 6.42 Å². The molecule has 0 radical (unpaired) electrons. The second kappa shape index (κ2) is 4.50. The zero-order valence-corrected chi connectivity index (χ0v) is 10.8. The van der Waals surface area contributed by atoms with Crippen LogP contribution in [0.5, 0.6) is 0 Å². The maximum Gasteiger partial charge on any atom is 0.254 e. The molecule has 0 amide bonds. The Bertz CT molecular complexity index is 509. The van der Waals surface area contributed by atoms with E-state index in [0.29, 0.717) is 17.9 Å². The van der Waals surface area contributed by atoms with Crippen LogP contribution in [0.4, 0.5) is 0 Å². The molecule has 2 saturated carbocycles. The molecule has 98 valence electrons. The first-order valence-corrected chi connectivity index (χ1v) is 6.89. The fourth-order valence-electron chi connectivity index (χ4n) is 3.79. The summed E-state index contributed by atoms with van der Waals surface area (Å²) in [7, 11) is 0. The molecule has 0 spiro atoms. The third kappa shape index (κ3) is 1.88. The van der Waals surface area contributed by atoms with E-state index in [0.717, 1.165) is 23.4 Å². The van der Waals surface area contributed by atoms with Crippen LogP contribution in [0.15, 0.2) is 4.79 Å². The van der Waals surface area contributed by atoms with Gasteiger partial charge in [0.15, 0.2) is 0 Å². The lowest BCUT2D eigenvalue weighted by molar-refractivity contribution is 0.298. The maximum absolute atomic E-state index is 12.0. The molecule has 4 nitrogen and oxygen atoms in total. The second-order valence-corrected chi connectivity index (χ2v) is 5.77. The highest BCUT2D eigenvalue weighted by Gasteiger charge is 2.41. The summed E-state index contributed by atoms with van der Waals surface area (Å²) in [5, 5.41) is 8.95. The largest absolute Gasteiger partial charge is 0.396 e. The molecule has 0 aromatic carbocycles. The van der Waals surface area contributed by atoms with Crippen molar-refractivity contribution in [2.24, 2.45) is 11.8 Å². The summed E-state index contributed by atoms with van der Waals surface area (Å²) in [6.45, 7) is 1.87. The van der Waals surface area contributed by atoms with Gasteiger partial charge in [0, 0.05) is 30.2 Å². The third-order valence-electron chi connectivity index (χ3n) is 4.69. The van der Waals surface area contributed by atoms with Gasteiger partial charge in [-0.2, -0.15) is 0 Å². The highest BCUT2D eigenvalue weighted by Crippen LogP contribution is 2.51. The van der Waals surface area contributed by atoms with E-state index in [1.165, 1.54) is 25.7 Å². The topological polar surface area (TPSA) is 66.0 Å². The zero-order chi connectivity index (χ0) is 12.7. The lowest BCUT2D eigenvalue weighted by atomic mass is 9.88. The Morgan fingerprint density at radius 1 is 1.39 bits per heavy atom. The summed E-state index contributed by atoms with van der Waals surface area (Å²) in [5.41, 5.74) is 1.35. The van der Waals surface area contributed by atoms with E-state index >= 15 is 0 Å².